The first-order chi connectivity index (χ1) is 26.1. The first-order valence-corrected chi connectivity index (χ1v) is 17.9. The van der Waals surface area contributed by atoms with Crippen molar-refractivity contribution in [3.63, 3.8) is 0 Å². The number of hydrogen-bond acceptors (Lipinski definition) is 8. The van der Waals surface area contributed by atoms with Crippen LogP contribution in [-0.2, 0) is 15.1 Å². The van der Waals surface area contributed by atoms with Gasteiger partial charge in [-0.25, -0.2) is 14.1 Å². The standard InChI is InChI=1S/C42H43FN6O5/c1-26(2)39(50)46-41-45-38-37(40(51)47-41)44-25-49(38)48-21-9-10-28(23-48)36-27(3)29(22-35(36)43)24-54-42(30-11-7-6-8-12-30,31-13-17-33(52-4)18-14-31)32-15-19-34(53-5)20-16-32/h6-20,23,25-26,29,35-36H,3,21-22,24H2,1-2,4-5H3,(H2,45,46,47,50,51)/t29-,35?,36+/m0/s1. The van der Waals surface area contributed by atoms with Gasteiger partial charge >= 0.3 is 0 Å². The normalized spacial score (nSPS) is 18.6. The number of benzene rings is 3. The van der Waals surface area contributed by atoms with Crippen LogP contribution in [0.15, 0.2) is 126 Å². The highest BCUT2D eigenvalue weighted by molar-refractivity contribution is 5.91. The van der Waals surface area contributed by atoms with Gasteiger partial charge in [0.05, 0.1) is 27.4 Å². The molecule has 2 aliphatic rings. The molecule has 1 saturated carbocycles. The number of hydrogen-bond donors (Lipinski definition) is 2. The molecule has 278 valence electrons. The molecule has 7 rings (SSSR count). The Balaban J connectivity index is 1.19. The average Bonchev–Trinajstić information content (AvgIpc) is 3.75. The zero-order valence-corrected chi connectivity index (χ0v) is 30.7. The van der Waals surface area contributed by atoms with Crippen molar-refractivity contribution in [1.82, 2.24) is 19.6 Å². The van der Waals surface area contributed by atoms with Gasteiger partial charge in [0, 0.05) is 24.0 Å². The number of carbonyl (C=O) groups is 1. The van der Waals surface area contributed by atoms with Gasteiger partial charge in [-0.2, -0.15) is 4.98 Å². The third-order valence-corrected chi connectivity index (χ3v) is 10.2. The number of nitrogens with one attached hydrogen (secondary N) is 2. The number of nitrogens with zero attached hydrogens (tertiary/aromatic N) is 4. The summed E-state index contributed by atoms with van der Waals surface area (Å²) in [6, 6.07) is 25.6. The van der Waals surface area contributed by atoms with Gasteiger partial charge in [0.25, 0.3) is 5.56 Å². The molecule has 0 bridgehead atoms. The molecule has 1 aliphatic carbocycles. The highest BCUT2D eigenvalue weighted by Crippen LogP contribution is 2.46. The van der Waals surface area contributed by atoms with Crippen molar-refractivity contribution in [1.29, 1.82) is 0 Å². The lowest BCUT2D eigenvalue weighted by Crippen LogP contribution is -2.35. The highest BCUT2D eigenvalue weighted by Gasteiger charge is 2.43. The second-order valence-corrected chi connectivity index (χ2v) is 13.8. The van der Waals surface area contributed by atoms with Crippen molar-refractivity contribution in [3.05, 3.63) is 148 Å². The number of carbonyl (C=O) groups excluding carboxylic acids is 1. The van der Waals surface area contributed by atoms with E-state index in [9.17, 15) is 9.59 Å². The number of aromatic amines is 1. The van der Waals surface area contributed by atoms with Crippen LogP contribution in [0.2, 0.25) is 0 Å². The molecule has 1 amide bonds. The molecule has 2 aromatic heterocycles. The van der Waals surface area contributed by atoms with Gasteiger partial charge in [0.1, 0.15) is 29.6 Å². The van der Waals surface area contributed by atoms with Gasteiger partial charge < -0.3 is 14.2 Å². The molecule has 0 saturated heterocycles. The smallest absolute Gasteiger partial charge is 0.280 e. The minimum Gasteiger partial charge on any atom is -0.497 e. The number of imidazole rings is 1. The molecule has 1 unspecified atom stereocenters. The SMILES string of the molecule is C=C1[C@H](COC(c2ccccc2)(c2ccc(OC)cc2)c2ccc(OC)cc2)CC(F)[C@H]1C1=CN(n2cnc3c(=O)[nH]c(NC(=O)C(C)C)nc32)CC=C1. The lowest BCUT2D eigenvalue weighted by atomic mass is 9.79. The summed E-state index contributed by atoms with van der Waals surface area (Å²) in [5.41, 5.74) is 2.98. The number of halogens is 1. The van der Waals surface area contributed by atoms with E-state index < -0.39 is 23.2 Å². The minimum absolute atomic E-state index is 0.0244. The van der Waals surface area contributed by atoms with Gasteiger partial charge in [-0.1, -0.05) is 92.7 Å². The highest BCUT2D eigenvalue weighted by atomic mass is 19.1. The van der Waals surface area contributed by atoms with Gasteiger partial charge in [0.2, 0.25) is 11.9 Å². The second kappa shape index (κ2) is 15.2. The quantitative estimate of drug-likeness (QED) is 0.108. The Kier molecular flexibility index (Phi) is 10.2. The van der Waals surface area contributed by atoms with Crippen LogP contribution >= 0.6 is 0 Å². The fourth-order valence-corrected chi connectivity index (χ4v) is 7.25. The van der Waals surface area contributed by atoms with E-state index >= 15 is 4.39 Å². The van der Waals surface area contributed by atoms with Gasteiger partial charge in [-0.3, -0.25) is 24.9 Å². The molecule has 1 fully saturated rings. The van der Waals surface area contributed by atoms with Crippen LogP contribution in [0.3, 0.4) is 0 Å². The maximum atomic E-state index is 16.3. The molecule has 3 heterocycles. The fourth-order valence-electron chi connectivity index (χ4n) is 7.25. The fraction of sp³-hybridized carbons (Fsp3) is 0.286. The van der Waals surface area contributed by atoms with Crippen LogP contribution in [0.5, 0.6) is 11.5 Å². The van der Waals surface area contributed by atoms with E-state index in [1.807, 2.05) is 102 Å². The Morgan fingerprint density at radius 1 is 1.00 bits per heavy atom. The van der Waals surface area contributed by atoms with Gasteiger partial charge in [0.15, 0.2) is 11.2 Å². The summed E-state index contributed by atoms with van der Waals surface area (Å²) in [4.78, 5) is 36.5. The molecule has 0 spiro atoms. The summed E-state index contributed by atoms with van der Waals surface area (Å²) in [6.45, 7) is 8.56. The summed E-state index contributed by atoms with van der Waals surface area (Å²) in [5, 5.41) is 4.46. The molecule has 1 aliphatic heterocycles. The maximum absolute atomic E-state index is 16.3. The first kappa shape index (κ1) is 36.4. The molecule has 12 heteroatoms. The number of anilines is 1. The number of amides is 1. The summed E-state index contributed by atoms with van der Waals surface area (Å²) in [6.07, 6.45) is 6.18. The number of alkyl halides is 1. The van der Waals surface area contributed by atoms with Crippen LogP contribution in [0.1, 0.15) is 37.0 Å². The van der Waals surface area contributed by atoms with Crippen LogP contribution in [0.4, 0.5) is 10.3 Å². The van der Waals surface area contributed by atoms with Crippen LogP contribution in [0.25, 0.3) is 11.2 Å². The summed E-state index contributed by atoms with van der Waals surface area (Å²) in [5.74, 6) is -0.0288. The zero-order valence-electron chi connectivity index (χ0n) is 30.7. The lowest BCUT2D eigenvalue weighted by Gasteiger charge is -2.37. The Morgan fingerprint density at radius 2 is 1.63 bits per heavy atom. The van der Waals surface area contributed by atoms with E-state index in [4.69, 9.17) is 14.2 Å². The van der Waals surface area contributed by atoms with E-state index in [1.165, 1.54) is 6.33 Å². The molecule has 54 heavy (non-hydrogen) atoms. The number of methoxy groups -OCH3 is 2. The maximum Gasteiger partial charge on any atom is 0.280 e. The first-order valence-electron chi connectivity index (χ1n) is 17.9. The molecule has 0 radical (unpaired) electrons. The van der Waals surface area contributed by atoms with Crippen molar-refractivity contribution in [2.45, 2.75) is 32.0 Å². The minimum atomic E-state index is -1.21. The molecule has 2 N–H and O–H groups in total. The molecule has 3 aromatic carbocycles. The number of ether oxygens (including phenoxy) is 3. The average molecular weight is 731 g/mol. The summed E-state index contributed by atoms with van der Waals surface area (Å²) < 4.78 is 36.0. The van der Waals surface area contributed by atoms with E-state index in [0.717, 1.165) is 39.3 Å². The van der Waals surface area contributed by atoms with E-state index in [2.05, 4.69) is 26.8 Å². The van der Waals surface area contributed by atoms with Crippen LogP contribution in [0, 0.1) is 17.8 Å². The molecule has 3 atom stereocenters. The summed E-state index contributed by atoms with van der Waals surface area (Å²) >= 11 is 0. The second-order valence-electron chi connectivity index (χ2n) is 13.8. The van der Waals surface area contributed by atoms with Gasteiger partial charge in [-0.05, 0) is 52.9 Å². The zero-order chi connectivity index (χ0) is 38.0. The number of rotatable bonds is 12. The predicted molar refractivity (Wildman–Crippen MR) is 206 cm³/mol. The topological polar surface area (TPSA) is 124 Å². The van der Waals surface area contributed by atoms with E-state index in [1.54, 1.807) is 32.7 Å². The monoisotopic (exact) mass is 730 g/mol. The molecular formula is C42H43FN6O5. The molecule has 11 nitrogen and oxygen atoms in total. The Labute approximate surface area is 312 Å². The van der Waals surface area contributed by atoms with Crippen molar-refractivity contribution in [2.24, 2.45) is 17.8 Å². The molecule has 5 aromatic rings. The van der Waals surface area contributed by atoms with Crippen LogP contribution in [-0.4, -0.2) is 59.1 Å². The Morgan fingerprint density at radius 3 is 2.24 bits per heavy atom. The van der Waals surface area contributed by atoms with Crippen molar-refractivity contribution in [2.75, 3.05) is 37.7 Å². The van der Waals surface area contributed by atoms with Gasteiger partial charge in [-0.15, -0.1) is 0 Å². The van der Waals surface area contributed by atoms with E-state index in [-0.39, 0.29) is 47.9 Å². The van der Waals surface area contributed by atoms with Crippen molar-refractivity contribution in [3.8, 4) is 11.5 Å². The number of allylic oxidation sites excluding steroid dienone is 2. The molecular weight excluding hydrogens is 687 g/mol. The number of H-pyrrole nitrogens is 1. The Hall–Kier alpha value is -6.01. The Bertz CT molecular complexity index is 2220. The number of fused-ring (bicyclic) bond motifs is 1. The number of aromatic nitrogens is 4. The lowest BCUT2D eigenvalue weighted by molar-refractivity contribution is -0.118. The largest absolute Gasteiger partial charge is 0.497 e. The van der Waals surface area contributed by atoms with Crippen molar-refractivity contribution < 1.29 is 23.4 Å². The summed E-state index contributed by atoms with van der Waals surface area (Å²) in [7, 11) is 3.26. The predicted octanol–water partition coefficient (Wildman–Crippen LogP) is 6.66. The van der Waals surface area contributed by atoms with E-state index in [0.29, 0.717) is 6.54 Å². The van der Waals surface area contributed by atoms with Crippen LogP contribution < -0.4 is 25.4 Å². The third-order valence-electron chi connectivity index (χ3n) is 10.2. The third kappa shape index (κ3) is 6.80. The van der Waals surface area contributed by atoms with Crippen molar-refractivity contribution >= 4 is 23.0 Å².